The monoisotopic (exact) mass is 481 g/mol. The van der Waals surface area contributed by atoms with Gasteiger partial charge in [0.15, 0.2) is 0 Å². The Balaban J connectivity index is 1.49. The van der Waals surface area contributed by atoms with Gasteiger partial charge in [-0.2, -0.15) is 5.10 Å². The van der Waals surface area contributed by atoms with Crippen LogP contribution in [0.4, 0.5) is 0 Å². The Morgan fingerprint density at radius 1 is 1.29 bits per heavy atom. The summed E-state index contributed by atoms with van der Waals surface area (Å²) >= 11 is 7.79. The van der Waals surface area contributed by atoms with Crippen molar-refractivity contribution >= 4 is 32.8 Å². The van der Waals surface area contributed by atoms with Gasteiger partial charge in [0.25, 0.3) is 0 Å². The van der Waals surface area contributed by atoms with Crippen LogP contribution in [0.5, 0.6) is 5.75 Å². The third-order valence-electron chi connectivity index (χ3n) is 4.87. The number of benzene rings is 1. The van der Waals surface area contributed by atoms with Crippen LogP contribution in [0.15, 0.2) is 24.4 Å². The van der Waals surface area contributed by atoms with Crippen molar-refractivity contribution in [1.29, 1.82) is 0 Å². The molecule has 1 aliphatic heterocycles. The highest BCUT2D eigenvalue weighted by Crippen LogP contribution is 2.33. The van der Waals surface area contributed by atoms with Gasteiger partial charge in [-0.3, -0.25) is 4.90 Å². The molecule has 3 heterocycles. The second kappa shape index (κ2) is 8.85. The first-order valence-electron chi connectivity index (χ1n) is 9.96. The molecule has 31 heavy (non-hydrogen) atoms. The summed E-state index contributed by atoms with van der Waals surface area (Å²) < 4.78 is 30.3. The van der Waals surface area contributed by atoms with E-state index in [2.05, 4.69) is 20.2 Å². The minimum absolute atomic E-state index is 0.0460. The normalized spacial score (nSPS) is 14.7. The van der Waals surface area contributed by atoms with Gasteiger partial charge in [0.05, 0.1) is 22.6 Å². The molecule has 0 unspecified atom stereocenters. The van der Waals surface area contributed by atoms with Crippen LogP contribution in [0.1, 0.15) is 25.1 Å². The van der Waals surface area contributed by atoms with E-state index in [4.69, 9.17) is 16.3 Å². The van der Waals surface area contributed by atoms with Gasteiger partial charge in [-0.05, 0) is 32.0 Å². The number of rotatable bonds is 7. The predicted molar refractivity (Wildman–Crippen MR) is 122 cm³/mol. The Morgan fingerprint density at radius 3 is 2.81 bits per heavy atom. The lowest BCUT2D eigenvalue weighted by Gasteiger charge is -2.25. The van der Waals surface area contributed by atoms with Crippen LogP contribution in [-0.4, -0.2) is 64.5 Å². The molecular weight excluding hydrogens is 458 g/mol. The highest BCUT2D eigenvalue weighted by atomic mass is 35.5. The van der Waals surface area contributed by atoms with E-state index in [0.717, 1.165) is 34.8 Å². The van der Waals surface area contributed by atoms with E-state index in [-0.39, 0.29) is 11.9 Å². The number of aromatic nitrogens is 4. The summed E-state index contributed by atoms with van der Waals surface area (Å²) in [5, 5.41) is 15.2. The first-order chi connectivity index (χ1) is 14.7. The van der Waals surface area contributed by atoms with Gasteiger partial charge in [0.1, 0.15) is 20.6 Å². The largest absolute Gasteiger partial charge is 0.489 e. The Bertz CT molecular complexity index is 1190. The molecule has 0 atom stereocenters. The molecule has 0 saturated heterocycles. The molecule has 0 saturated carbocycles. The van der Waals surface area contributed by atoms with Gasteiger partial charge in [-0.1, -0.05) is 22.9 Å². The SMILES string of the molecule is CC(C)Oc1ccc(-c2nnc(-n3cc4c(n3)CCN(CCS(C)(=O)=O)C4)s2)cc1Cl. The minimum Gasteiger partial charge on any atom is -0.489 e. The summed E-state index contributed by atoms with van der Waals surface area (Å²) in [6.07, 6.45) is 4.05. The maximum Gasteiger partial charge on any atom is 0.233 e. The van der Waals surface area contributed by atoms with Gasteiger partial charge >= 0.3 is 0 Å². The average Bonchev–Trinajstić information content (AvgIpc) is 3.33. The molecule has 0 aliphatic carbocycles. The fourth-order valence-corrected chi connectivity index (χ4v) is 4.95. The van der Waals surface area contributed by atoms with Crippen LogP contribution < -0.4 is 4.74 Å². The predicted octanol–water partition coefficient (Wildman–Crippen LogP) is 3.23. The van der Waals surface area contributed by atoms with E-state index >= 15 is 0 Å². The first-order valence-corrected chi connectivity index (χ1v) is 13.2. The number of sulfone groups is 1. The molecular formula is C20H24ClN5O3S2. The number of halogens is 1. The molecule has 4 rings (SSSR count). The van der Waals surface area contributed by atoms with Gasteiger partial charge in [0, 0.05) is 49.6 Å². The van der Waals surface area contributed by atoms with Gasteiger partial charge in [-0.25, -0.2) is 13.1 Å². The van der Waals surface area contributed by atoms with Crippen molar-refractivity contribution in [3.63, 3.8) is 0 Å². The maximum absolute atomic E-state index is 11.4. The molecule has 2 aromatic heterocycles. The van der Waals surface area contributed by atoms with E-state index in [9.17, 15) is 8.42 Å². The molecule has 1 aromatic carbocycles. The van der Waals surface area contributed by atoms with Crippen LogP contribution in [0.3, 0.4) is 0 Å². The molecule has 3 aromatic rings. The lowest BCUT2D eigenvalue weighted by atomic mass is 10.1. The molecule has 0 spiro atoms. The van der Waals surface area contributed by atoms with Crippen molar-refractivity contribution < 1.29 is 13.2 Å². The number of hydrogen-bond acceptors (Lipinski definition) is 8. The Kier molecular flexibility index (Phi) is 6.34. The first kappa shape index (κ1) is 22.2. The van der Waals surface area contributed by atoms with Crippen molar-refractivity contribution in [2.24, 2.45) is 0 Å². The smallest absolute Gasteiger partial charge is 0.233 e. The Morgan fingerprint density at radius 2 is 2.10 bits per heavy atom. The second-order valence-electron chi connectivity index (χ2n) is 7.90. The molecule has 1 aliphatic rings. The number of fused-ring (bicyclic) bond motifs is 1. The fraction of sp³-hybridized carbons (Fsp3) is 0.450. The van der Waals surface area contributed by atoms with Crippen molar-refractivity contribution in [2.45, 2.75) is 32.9 Å². The molecule has 0 radical (unpaired) electrons. The fourth-order valence-electron chi connectivity index (χ4n) is 3.36. The van der Waals surface area contributed by atoms with Crippen LogP contribution in [-0.2, 0) is 22.8 Å². The third kappa shape index (κ3) is 5.43. The van der Waals surface area contributed by atoms with Crippen molar-refractivity contribution in [1.82, 2.24) is 24.9 Å². The summed E-state index contributed by atoms with van der Waals surface area (Å²) in [4.78, 5) is 2.14. The zero-order valence-electron chi connectivity index (χ0n) is 17.6. The number of nitrogens with zero attached hydrogens (tertiary/aromatic N) is 5. The maximum atomic E-state index is 11.4. The van der Waals surface area contributed by atoms with Crippen molar-refractivity contribution in [3.05, 3.63) is 40.7 Å². The second-order valence-corrected chi connectivity index (χ2v) is 11.5. The molecule has 11 heteroatoms. The molecule has 0 N–H and O–H groups in total. The van der Waals surface area contributed by atoms with E-state index in [0.29, 0.717) is 29.0 Å². The van der Waals surface area contributed by atoms with Crippen LogP contribution in [0, 0.1) is 0 Å². The molecule has 0 fully saturated rings. The molecule has 0 amide bonds. The highest BCUT2D eigenvalue weighted by Gasteiger charge is 2.22. The standard InChI is InChI=1S/C20H24ClN5O3S2/c1-13(2)29-18-5-4-14(10-16(18)21)19-22-23-20(30-19)26-12-15-11-25(7-6-17(15)24-26)8-9-31(3,27)28/h4-5,10,12-13H,6-9,11H2,1-3H3. The minimum atomic E-state index is -2.97. The van der Waals surface area contributed by atoms with Crippen molar-refractivity contribution in [3.8, 4) is 21.5 Å². The van der Waals surface area contributed by atoms with E-state index in [1.807, 2.05) is 38.2 Å². The Labute approximate surface area is 190 Å². The molecule has 166 valence electrons. The zero-order valence-corrected chi connectivity index (χ0v) is 20.0. The summed E-state index contributed by atoms with van der Waals surface area (Å²) in [6, 6.07) is 5.59. The summed E-state index contributed by atoms with van der Waals surface area (Å²) in [5.74, 6) is 0.810. The summed E-state index contributed by atoms with van der Waals surface area (Å²) in [5.41, 5.74) is 2.98. The van der Waals surface area contributed by atoms with Crippen LogP contribution >= 0.6 is 22.9 Å². The highest BCUT2D eigenvalue weighted by molar-refractivity contribution is 7.90. The lowest BCUT2D eigenvalue weighted by Crippen LogP contribution is -2.33. The third-order valence-corrected chi connectivity index (χ3v) is 7.05. The zero-order chi connectivity index (χ0) is 22.2. The van der Waals surface area contributed by atoms with Gasteiger partial charge in [-0.15, -0.1) is 10.2 Å². The summed E-state index contributed by atoms with van der Waals surface area (Å²) in [7, 11) is -2.97. The van der Waals surface area contributed by atoms with Gasteiger partial charge < -0.3 is 4.74 Å². The molecule has 0 bridgehead atoms. The molecule has 8 nitrogen and oxygen atoms in total. The average molecular weight is 482 g/mol. The number of ether oxygens (including phenoxy) is 1. The van der Waals surface area contributed by atoms with E-state index < -0.39 is 9.84 Å². The van der Waals surface area contributed by atoms with E-state index in [1.54, 1.807) is 4.68 Å². The topological polar surface area (TPSA) is 90.2 Å². The quantitative estimate of drug-likeness (QED) is 0.511. The number of hydrogen-bond donors (Lipinski definition) is 0. The van der Waals surface area contributed by atoms with Gasteiger partial charge in [0.2, 0.25) is 5.13 Å². The van der Waals surface area contributed by atoms with Crippen molar-refractivity contribution in [2.75, 3.05) is 25.1 Å². The van der Waals surface area contributed by atoms with Crippen LogP contribution in [0.25, 0.3) is 15.7 Å². The summed E-state index contributed by atoms with van der Waals surface area (Å²) in [6.45, 7) is 5.92. The lowest BCUT2D eigenvalue weighted by molar-refractivity contribution is 0.242. The van der Waals surface area contributed by atoms with Crippen LogP contribution in [0.2, 0.25) is 5.02 Å². The Hall–Kier alpha value is -2.01. The van der Waals surface area contributed by atoms with E-state index in [1.165, 1.54) is 17.6 Å².